The van der Waals surface area contributed by atoms with E-state index in [1.54, 1.807) is 7.11 Å². The van der Waals surface area contributed by atoms with Gasteiger partial charge in [0.25, 0.3) is 0 Å². The van der Waals surface area contributed by atoms with E-state index in [2.05, 4.69) is 21.5 Å². The molecule has 3 N–H and O–H groups in total. The second-order valence-electron chi connectivity index (χ2n) is 5.98. The Kier molecular flexibility index (Phi) is 3.97. The molecule has 0 radical (unpaired) electrons. The van der Waals surface area contributed by atoms with Gasteiger partial charge in [-0.05, 0) is 30.2 Å². The summed E-state index contributed by atoms with van der Waals surface area (Å²) in [6, 6.07) is 15.8. The molecule has 0 bridgehead atoms. The summed E-state index contributed by atoms with van der Waals surface area (Å²) in [4.78, 5) is 4.33. The van der Waals surface area contributed by atoms with Gasteiger partial charge in [0.15, 0.2) is 0 Å². The lowest BCUT2D eigenvalue weighted by Crippen LogP contribution is -2.28. The molecule has 0 unspecified atom stereocenters. The predicted octanol–water partition coefficient (Wildman–Crippen LogP) is 3.67. The standard InChI is InChI=1S/C18H18ClN5O/c1-25-16-5-3-2-4-13(16)15-10-14(11-6-8-12(19)9-7-11)21-18-22-17(20)23-24(15)18/h2-9,14-15H,10H2,1H3,(H3,20,21,22,23)/t14-,15-/m1/s1. The number of hydrogen-bond donors (Lipinski definition) is 2. The molecule has 6 nitrogen and oxygen atoms in total. The number of nitrogen functional groups attached to an aromatic ring is 1. The molecular formula is C18H18ClN5O. The number of rotatable bonds is 3. The van der Waals surface area contributed by atoms with Crippen LogP contribution in [0.25, 0.3) is 0 Å². The van der Waals surface area contributed by atoms with E-state index in [1.165, 1.54) is 0 Å². The lowest BCUT2D eigenvalue weighted by Gasteiger charge is -2.32. The molecule has 0 amide bonds. The van der Waals surface area contributed by atoms with Crippen LogP contribution in [0.5, 0.6) is 5.75 Å². The largest absolute Gasteiger partial charge is 0.496 e. The fraction of sp³-hybridized carbons (Fsp3) is 0.222. The van der Waals surface area contributed by atoms with Gasteiger partial charge >= 0.3 is 0 Å². The van der Waals surface area contributed by atoms with Gasteiger partial charge < -0.3 is 15.8 Å². The SMILES string of the molecule is COc1ccccc1[C@H]1C[C@H](c2ccc(Cl)cc2)Nc2nc(N)nn21. The fourth-order valence-electron chi connectivity index (χ4n) is 3.31. The van der Waals surface area contributed by atoms with Gasteiger partial charge in [-0.2, -0.15) is 4.98 Å². The Morgan fingerprint density at radius 1 is 1.20 bits per heavy atom. The Hall–Kier alpha value is -2.73. The van der Waals surface area contributed by atoms with Crippen LogP contribution in [0.1, 0.15) is 29.6 Å². The van der Waals surface area contributed by atoms with Gasteiger partial charge in [-0.1, -0.05) is 41.9 Å². The first-order valence-electron chi connectivity index (χ1n) is 8.02. The summed E-state index contributed by atoms with van der Waals surface area (Å²) in [5.74, 6) is 1.73. The van der Waals surface area contributed by atoms with E-state index in [1.807, 2.05) is 47.1 Å². The van der Waals surface area contributed by atoms with Gasteiger partial charge in [0, 0.05) is 10.6 Å². The summed E-state index contributed by atoms with van der Waals surface area (Å²) in [6.45, 7) is 0. The van der Waals surface area contributed by atoms with Gasteiger partial charge in [-0.3, -0.25) is 0 Å². The van der Waals surface area contributed by atoms with E-state index in [4.69, 9.17) is 22.1 Å². The number of nitrogens with zero attached hydrogens (tertiary/aromatic N) is 3. The highest BCUT2D eigenvalue weighted by atomic mass is 35.5. The van der Waals surface area contributed by atoms with Crippen LogP contribution in [-0.4, -0.2) is 21.9 Å². The molecule has 0 spiro atoms. The second-order valence-corrected chi connectivity index (χ2v) is 6.42. The minimum atomic E-state index is -0.0297. The zero-order valence-electron chi connectivity index (χ0n) is 13.7. The normalized spacial score (nSPS) is 19.1. The molecule has 2 atom stereocenters. The van der Waals surface area contributed by atoms with Crippen molar-refractivity contribution >= 4 is 23.5 Å². The second kappa shape index (κ2) is 6.29. The van der Waals surface area contributed by atoms with Crippen LogP contribution >= 0.6 is 11.6 Å². The van der Waals surface area contributed by atoms with Crippen molar-refractivity contribution in [2.45, 2.75) is 18.5 Å². The fourth-order valence-corrected chi connectivity index (χ4v) is 3.43. The number of anilines is 2. The molecule has 0 saturated carbocycles. The van der Waals surface area contributed by atoms with E-state index in [0.29, 0.717) is 11.0 Å². The van der Waals surface area contributed by atoms with Crippen molar-refractivity contribution in [1.29, 1.82) is 0 Å². The molecule has 4 rings (SSSR count). The number of nitrogens with one attached hydrogen (secondary N) is 1. The molecule has 1 aromatic heterocycles. The molecular weight excluding hydrogens is 338 g/mol. The summed E-state index contributed by atoms with van der Waals surface area (Å²) in [5, 5.41) is 8.50. The van der Waals surface area contributed by atoms with Gasteiger partial charge in [0.05, 0.1) is 19.2 Å². The maximum absolute atomic E-state index is 6.02. The molecule has 7 heteroatoms. The Balaban J connectivity index is 1.78. The number of halogens is 1. The average Bonchev–Trinajstić information content (AvgIpc) is 3.01. The van der Waals surface area contributed by atoms with Crippen LogP contribution < -0.4 is 15.8 Å². The minimum absolute atomic E-state index is 0.0297. The zero-order chi connectivity index (χ0) is 17.4. The van der Waals surface area contributed by atoms with E-state index < -0.39 is 0 Å². The predicted molar refractivity (Wildman–Crippen MR) is 98.0 cm³/mol. The first-order chi connectivity index (χ1) is 12.2. The average molecular weight is 356 g/mol. The van der Waals surface area contributed by atoms with Crippen molar-refractivity contribution in [1.82, 2.24) is 14.8 Å². The molecule has 0 saturated heterocycles. The topological polar surface area (TPSA) is 78.0 Å². The molecule has 1 aliphatic heterocycles. The Labute approximate surface area is 150 Å². The third kappa shape index (κ3) is 2.89. The van der Waals surface area contributed by atoms with Crippen LogP contribution in [0.4, 0.5) is 11.9 Å². The van der Waals surface area contributed by atoms with Crippen LogP contribution in [0.2, 0.25) is 5.02 Å². The Morgan fingerprint density at radius 3 is 2.72 bits per heavy atom. The summed E-state index contributed by atoms with van der Waals surface area (Å²) >= 11 is 6.02. The maximum atomic E-state index is 6.02. The number of para-hydroxylation sites is 1. The van der Waals surface area contributed by atoms with Crippen molar-refractivity contribution in [3.05, 3.63) is 64.7 Å². The highest BCUT2D eigenvalue weighted by Gasteiger charge is 2.32. The summed E-state index contributed by atoms with van der Waals surface area (Å²) in [7, 11) is 1.67. The minimum Gasteiger partial charge on any atom is -0.496 e. The highest BCUT2D eigenvalue weighted by Crippen LogP contribution is 2.40. The molecule has 3 aromatic rings. The number of ether oxygens (including phenoxy) is 1. The van der Waals surface area contributed by atoms with E-state index in [9.17, 15) is 0 Å². The van der Waals surface area contributed by atoms with Crippen molar-refractivity contribution in [2.75, 3.05) is 18.2 Å². The first-order valence-corrected chi connectivity index (χ1v) is 8.40. The molecule has 25 heavy (non-hydrogen) atoms. The van der Waals surface area contributed by atoms with Crippen molar-refractivity contribution < 1.29 is 4.74 Å². The summed E-state index contributed by atoms with van der Waals surface area (Å²) in [6.07, 6.45) is 0.789. The van der Waals surface area contributed by atoms with Crippen molar-refractivity contribution in [3.8, 4) is 5.75 Å². The molecule has 2 heterocycles. The summed E-state index contributed by atoms with van der Waals surface area (Å²) in [5.41, 5.74) is 8.03. The zero-order valence-corrected chi connectivity index (χ0v) is 14.4. The third-order valence-electron chi connectivity index (χ3n) is 4.48. The van der Waals surface area contributed by atoms with Gasteiger partial charge in [-0.25, -0.2) is 4.68 Å². The van der Waals surface area contributed by atoms with Gasteiger partial charge in [0.1, 0.15) is 5.75 Å². The van der Waals surface area contributed by atoms with E-state index >= 15 is 0 Å². The summed E-state index contributed by atoms with van der Waals surface area (Å²) < 4.78 is 7.38. The number of hydrogen-bond acceptors (Lipinski definition) is 5. The van der Waals surface area contributed by atoms with Gasteiger partial charge in [-0.15, -0.1) is 5.10 Å². The highest BCUT2D eigenvalue weighted by molar-refractivity contribution is 6.30. The third-order valence-corrected chi connectivity index (χ3v) is 4.73. The van der Waals surface area contributed by atoms with Crippen LogP contribution in [0.3, 0.4) is 0 Å². The molecule has 128 valence electrons. The first kappa shape index (κ1) is 15.8. The van der Waals surface area contributed by atoms with Crippen molar-refractivity contribution in [3.63, 3.8) is 0 Å². The van der Waals surface area contributed by atoms with Crippen LogP contribution in [0, 0.1) is 0 Å². The number of nitrogens with two attached hydrogens (primary N) is 1. The number of benzene rings is 2. The lowest BCUT2D eigenvalue weighted by atomic mass is 9.93. The van der Waals surface area contributed by atoms with Crippen molar-refractivity contribution in [2.24, 2.45) is 0 Å². The molecule has 2 aromatic carbocycles. The van der Waals surface area contributed by atoms with Crippen LogP contribution in [0.15, 0.2) is 48.5 Å². The monoisotopic (exact) mass is 355 g/mol. The maximum Gasteiger partial charge on any atom is 0.241 e. The Bertz CT molecular complexity index is 893. The number of aromatic nitrogens is 3. The quantitative estimate of drug-likeness (QED) is 0.749. The van der Waals surface area contributed by atoms with E-state index in [-0.39, 0.29) is 18.0 Å². The molecule has 0 fully saturated rings. The van der Waals surface area contributed by atoms with Gasteiger partial charge in [0.2, 0.25) is 11.9 Å². The number of fused-ring (bicyclic) bond motifs is 1. The van der Waals surface area contributed by atoms with Crippen LogP contribution in [-0.2, 0) is 0 Å². The lowest BCUT2D eigenvalue weighted by molar-refractivity contribution is 0.380. The smallest absolute Gasteiger partial charge is 0.241 e. The molecule has 0 aliphatic carbocycles. The number of methoxy groups -OCH3 is 1. The van der Waals surface area contributed by atoms with E-state index in [0.717, 1.165) is 23.3 Å². The Morgan fingerprint density at radius 2 is 1.96 bits per heavy atom. The molecule has 1 aliphatic rings.